The highest BCUT2D eigenvalue weighted by Gasteiger charge is 2.70. The summed E-state index contributed by atoms with van der Waals surface area (Å²) in [6.45, 7) is 5.23. The molecule has 3 fully saturated rings. The van der Waals surface area contributed by atoms with Crippen LogP contribution in [0.1, 0.15) is 78.6 Å². The molecule has 6 atom stereocenters. The predicted molar refractivity (Wildman–Crippen MR) is 113 cm³/mol. The third kappa shape index (κ3) is 3.08. The fourth-order valence-electron chi connectivity index (χ4n) is 7.63. The van der Waals surface area contributed by atoms with Gasteiger partial charge < -0.3 is 9.84 Å². The van der Waals surface area contributed by atoms with Gasteiger partial charge in [-0.05, 0) is 61.9 Å². The predicted octanol–water partition coefficient (Wildman–Crippen LogP) is 3.34. The van der Waals surface area contributed by atoms with Gasteiger partial charge >= 0.3 is 5.97 Å². The largest absolute Gasteiger partial charge is 0.450 e. The topological polar surface area (TPSA) is 97.7 Å². The zero-order chi connectivity index (χ0) is 22.6. The van der Waals surface area contributed by atoms with Gasteiger partial charge in [0.2, 0.25) is 5.78 Å². The SMILES string of the molecule is CCCC(=O)O[C@]1(C(=O)CO)CC[C@H]2[C@@H]3CCC4=CC(=O)CC[C@]4(C)[C@H]3C(=O)C[C@@]21C. The van der Waals surface area contributed by atoms with Crippen LogP contribution < -0.4 is 0 Å². The van der Waals surface area contributed by atoms with Gasteiger partial charge in [-0.25, -0.2) is 0 Å². The van der Waals surface area contributed by atoms with E-state index in [0.717, 1.165) is 18.4 Å². The molecule has 3 saturated carbocycles. The highest BCUT2D eigenvalue weighted by molar-refractivity contribution is 5.95. The summed E-state index contributed by atoms with van der Waals surface area (Å²) in [5, 5.41) is 9.76. The van der Waals surface area contributed by atoms with Crippen molar-refractivity contribution in [2.45, 2.75) is 84.2 Å². The monoisotopic (exact) mass is 430 g/mol. The first kappa shape index (κ1) is 22.4. The van der Waals surface area contributed by atoms with Crippen LogP contribution in [0, 0.1) is 28.6 Å². The average Bonchev–Trinajstić information content (AvgIpc) is 3.00. The average molecular weight is 431 g/mol. The Labute approximate surface area is 183 Å². The third-order valence-corrected chi connectivity index (χ3v) is 9.11. The summed E-state index contributed by atoms with van der Waals surface area (Å²) in [4.78, 5) is 51.3. The highest BCUT2D eigenvalue weighted by Crippen LogP contribution is 2.67. The van der Waals surface area contributed by atoms with Gasteiger partial charge in [0, 0.05) is 30.6 Å². The number of hydrogen-bond donors (Lipinski definition) is 1. The lowest BCUT2D eigenvalue weighted by atomic mass is 9.46. The number of rotatable bonds is 5. The van der Waals surface area contributed by atoms with Gasteiger partial charge in [0.15, 0.2) is 11.4 Å². The summed E-state index contributed by atoms with van der Waals surface area (Å²) in [5.74, 6) is -0.669. The first-order valence-corrected chi connectivity index (χ1v) is 11.8. The number of aliphatic hydroxyl groups excluding tert-OH is 1. The molecule has 1 N–H and O–H groups in total. The molecule has 4 aliphatic carbocycles. The standard InChI is InChI=1S/C25H34O6/c1-4-5-21(30)31-25(20(29)14-26)11-9-18-17-7-6-15-12-16(27)8-10-23(15,2)22(17)19(28)13-24(18,25)3/h12,17-18,22,26H,4-11,13-14H2,1-3H3/t17-,18-,22+,23-,24-,25-/m0/s1. The quantitative estimate of drug-likeness (QED) is 0.672. The molecule has 0 amide bonds. The van der Waals surface area contributed by atoms with Crippen molar-refractivity contribution in [3.8, 4) is 0 Å². The Hall–Kier alpha value is -1.82. The van der Waals surface area contributed by atoms with Crippen LogP contribution in [0.3, 0.4) is 0 Å². The van der Waals surface area contributed by atoms with Gasteiger partial charge in [0.25, 0.3) is 0 Å². The molecule has 4 rings (SSSR count). The summed E-state index contributed by atoms with van der Waals surface area (Å²) >= 11 is 0. The lowest BCUT2D eigenvalue weighted by Gasteiger charge is -2.58. The molecule has 6 heteroatoms. The molecule has 31 heavy (non-hydrogen) atoms. The Balaban J connectivity index is 1.73. The van der Waals surface area contributed by atoms with Gasteiger partial charge in [0.1, 0.15) is 12.4 Å². The summed E-state index contributed by atoms with van der Waals surface area (Å²) in [7, 11) is 0. The minimum absolute atomic E-state index is 0.0659. The second-order valence-corrected chi connectivity index (χ2v) is 10.6. The molecule has 0 aliphatic heterocycles. The number of Topliss-reactive ketones (excluding diaryl/α,β-unsaturated/α-hetero) is 2. The van der Waals surface area contributed by atoms with Gasteiger partial charge in [-0.15, -0.1) is 0 Å². The van der Waals surface area contributed by atoms with Crippen LogP contribution in [-0.4, -0.2) is 40.6 Å². The van der Waals surface area contributed by atoms with E-state index in [0.29, 0.717) is 32.1 Å². The maximum absolute atomic E-state index is 13.7. The maximum atomic E-state index is 13.7. The van der Waals surface area contributed by atoms with E-state index < -0.39 is 29.4 Å². The van der Waals surface area contributed by atoms with Crippen molar-refractivity contribution in [3.05, 3.63) is 11.6 Å². The van der Waals surface area contributed by atoms with Gasteiger partial charge in [0.05, 0.1) is 0 Å². The molecular weight excluding hydrogens is 396 g/mol. The van der Waals surface area contributed by atoms with E-state index in [2.05, 4.69) is 6.92 Å². The van der Waals surface area contributed by atoms with Crippen molar-refractivity contribution in [2.24, 2.45) is 28.6 Å². The van der Waals surface area contributed by atoms with Gasteiger partial charge in [-0.1, -0.05) is 26.3 Å². The van der Waals surface area contributed by atoms with Crippen LogP contribution >= 0.6 is 0 Å². The Morgan fingerprint density at radius 2 is 1.90 bits per heavy atom. The second kappa shape index (κ2) is 7.65. The van der Waals surface area contributed by atoms with E-state index in [1.165, 1.54) is 0 Å². The lowest BCUT2D eigenvalue weighted by Crippen LogP contribution is -2.62. The number of allylic oxidation sites excluding steroid dienone is 1. The molecule has 0 aromatic heterocycles. The fourth-order valence-corrected chi connectivity index (χ4v) is 7.63. The van der Waals surface area contributed by atoms with Gasteiger partial charge in [-0.2, -0.15) is 0 Å². The van der Waals surface area contributed by atoms with Crippen LogP contribution in [0.2, 0.25) is 0 Å². The molecule has 0 radical (unpaired) electrons. The van der Waals surface area contributed by atoms with Crippen molar-refractivity contribution in [2.75, 3.05) is 6.61 Å². The molecular formula is C25H34O6. The summed E-state index contributed by atoms with van der Waals surface area (Å²) in [6.07, 6.45) is 6.57. The number of fused-ring (bicyclic) bond motifs is 5. The first-order valence-electron chi connectivity index (χ1n) is 11.8. The normalized spacial score (nSPS) is 41.7. The Bertz CT molecular complexity index is 858. The number of aliphatic hydroxyl groups is 1. The molecule has 0 saturated heterocycles. The molecule has 4 aliphatic rings. The lowest BCUT2D eigenvalue weighted by molar-refractivity contribution is -0.192. The van der Waals surface area contributed by atoms with Crippen molar-refractivity contribution in [1.29, 1.82) is 0 Å². The molecule has 0 heterocycles. The zero-order valence-electron chi connectivity index (χ0n) is 18.9. The summed E-state index contributed by atoms with van der Waals surface area (Å²) < 4.78 is 5.88. The van der Waals surface area contributed by atoms with E-state index in [1.807, 2.05) is 13.8 Å². The van der Waals surface area contributed by atoms with E-state index in [1.54, 1.807) is 6.08 Å². The third-order valence-electron chi connectivity index (χ3n) is 9.11. The highest BCUT2D eigenvalue weighted by atomic mass is 16.6. The Morgan fingerprint density at radius 1 is 1.16 bits per heavy atom. The number of ether oxygens (including phenoxy) is 1. The zero-order valence-corrected chi connectivity index (χ0v) is 18.9. The van der Waals surface area contributed by atoms with Crippen LogP contribution in [0.15, 0.2) is 11.6 Å². The Kier molecular flexibility index (Phi) is 5.52. The molecule has 170 valence electrons. The second-order valence-electron chi connectivity index (χ2n) is 10.6. The minimum atomic E-state index is -1.43. The van der Waals surface area contributed by atoms with Crippen LogP contribution in [0.25, 0.3) is 0 Å². The van der Waals surface area contributed by atoms with Crippen LogP contribution in [-0.2, 0) is 23.9 Å². The van der Waals surface area contributed by atoms with Crippen LogP contribution in [0.5, 0.6) is 0 Å². The number of hydrogen-bond acceptors (Lipinski definition) is 6. The number of carbonyl (C=O) groups excluding carboxylic acids is 4. The van der Waals surface area contributed by atoms with E-state index in [-0.39, 0.29) is 47.6 Å². The Morgan fingerprint density at radius 3 is 2.58 bits per heavy atom. The van der Waals surface area contributed by atoms with Crippen molar-refractivity contribution >= 4 is 23.3 Å². The van der Waals surface area contributed by atoms with Crippen LogP contribution in [0.4, 0.5) is 0 Å². The molecule has 0 spiro atoms. The smallest absolute Gasteiger partial charge is 0.306 e. The number of esters is 1. The maximum Gasteiger partial charge on any atom is 0.306 e. The van der Waals surface area contributed by atoms with Gasteiger partial charge in [-0.3, -0.25) is 19.2 Å². The van der Waals surface area contributed by atoms with Crippen molar-refractivity contribution < 1.29 is 29.0 Å². The van der Waals surface area contributed by atoms with E-state index in [4.69, 9.17) is 4.74 Å². The van der Waals surface area contributed by atoms with E-state index in [9.17, 15) is 24.3 Å². The minimum Gasteiger partial charge on any atom is -0.450 e. The molecule has 0 aromatic rings. The molecule has 0 bridgehead atoms. The van der Waals surface area contributed by atoms with Crippen molar-refractivity contribution in [3.63, 3.8) is 0 Å². The first-order chi connectivity index (χ1) is 14.6. The van der Waals surface area contributed by atoms with Crippen molar-refractivity contribution in [1.82, 2.24) is 0 Å². The van der Waals surface area contributed by atoms with E-state index >= 15 is 0 Å². The molecule has 0 aromatic carbocycles. The molecule has 6 nitrogen and oxygen atoms in total. The summed E-state index contributed by atoms with van der Waals surface area (Å²) in [6, 6.07) is 0. The number of carbonyl (C=O) groups is 4. The molecule has 0 unspecified atom stereocenters. The number of ketones is 3. The fraction of sp³-hybridized carbons (Fsp3) is 0.760. The summed E-state index contributed by atoms with van der Waals surface area (Å²) in [5.41, 5.74) is -1.44.